The van der Waals surface area contributed by atoms with Crippen LogP contribution in [-0.4, -0.2) is 19.8 Å². The molecule has 3 nitrogen and oxygen atoms in total. The van der Waals surface area contributed by atoms with Gasteiger partial charge < -0.3 is 10.1 Å². The van der Waals surface area contributed by atoms with E-state index >= 15 is 0 Å². The van der Waals surface area contributed by atoms with Crippen LogP contribution in [0.1, 0.15) is 18.9 Å². The topological polar surface area (TPSA) is 45.0 Å². The molecule has 1 aromatic carbocycles. The molecule has 1 rings (SSSR count). The normalized spacial score (nSPS) is 11.9. The Morgan fingerprint density at radius 2 is 2.00 bits per heavy atom. The molecule has 17 heavy (non-hydrogen) atoms. The van der Waals surface area contributed by atoms with E-state index in [0.717, 1.165) is 12.1 Å². The number of nitriles is 1. The van der Waals surface area contributed by atoms with Crippen LogP contribution in [0.25, 0.3) is 0 Å². The second-order valence-corrected chi connectivity index (χ2v) is 3.75. The first-order chi connectivity index (χ1) is 8.08. The minimum absolute atomic E-state index is 0.0323. The van der Waals surface area contributed by atoms with E-state index in [1.807, 2.05) is 0 Å². The first-order valence-electron chi connectivity index (χ1n) is 5.23. The molecule has 0 saturated heterocycles. The fraction of sp³-hybridized carbons (Fsp3) is 0.417. The largest absolute Gasteiger partial charge is 0.385 e. The number of benzene rings is 1. The Labute approximate surface area is 99.0 Å². The molecule has 0 aromatic heterocycles. The molecule has 0 fully saturated rings. The van der Waals surface area contributed by atoms with Gasteiger partial charge in [0.2, 0.25) is 0 Å². The van der Waals surface area contributed by atoms with Gasteiger partial charge >= 0.3 is 0 Å². The average Bonchev–Trinajstić information content (AvgIpc) is 2.30. The van der Waals surface area contributed by atoms with Crippen LogP contribution in [-0.2, 0) is 4.74 Å². The maximum atomic E-state index is 13.5. The van der Waals surface area contributed by atoms with Crippen molar-refractivity contribution in [3.05, 3.63) is 29.3 Å². The van der Waals surface area contributed by atoms with Crippen molar-refractivity contribution < 1.29 is 13.5 Å². The molecule has 1 aromatic rings. The smallest absolute Gasteiger partial charge is 0.150 e. The molecule has 0 aliphatic heterocycles. The first-order valence-corrected chi connectivity index (χ1v) is 5.23. The predicted octanol–water partition coefficient (Wildman–Crippen LogP) is 2.67. The monoisotopic (exact) mass is 240 g/mol. The van der Waals surface area contributed by atoms with E-state index in [0.29, 0.717) is 13.0 Å². The second-order valence-electron chi connectivity index (χ2n) is 3.75. The van der Waals surface area contributed by atoms with Gasteiger partial charge in [-0.25, -0.2) is 8.78 Å². The summed E-state index contributed by atoms with van der Waals surface area (Å²) in [4.78, 5) is 0. The fourth-order valence-corrected chi connectivity index (χ4v) is 1.39. The third-order valence-corrected chi connectivity index (χ3v) is 2.32. The van der Waals surface area contributed by atoms with Gasteiger partial charge in [0.05, 0.1) is 11.6 Å². The summed E-state index contributed by atoms with van der Waals surface area (Å²) in [6.07, 6.45) is 0.634. The molecular formula is C12H14F2N2O. The Kier molecular flexibility index (Phi) is 4.85. The van der Waals surface area contributed by atoms with E-state index in [2.05, 4.69) is 5.32 Å². The van der Waals surface area contributed by atoms with Crippen LogP contribution in [0.2, 0.25) is 0 Å². The van der Waals surface area contributed by atoms with Gasteiger partial charge in [-0.05, 0) is 25.5 Å². The third kappa shape index (κ3) is 3.68. The van der Waals surface area contributed by atoms with Crippen molar-refractivity contribution in [1.82, 2.24) is 0 Å². The van der Waals surface area contributed by atoms with Crippen molar-refractivity contribution in [3.8, 4) is 6.07 Å². The Morgan fingerprint density at radius 1 is 1.41 bits per heavy atom. The Bertz CT molecular complexity index is 406. The van der Waals surface area contributed by atoms with Gasteiger partial charge in [0, 0.05) is 19.8 Å². The van der Waals surface area contributed by atoms with Crippen LogP contribution in [0.4, 0.5) is 14.5 Å². The molecule has 92 valence electrons. The Balaban J connectivity index is 2.81. The van der Waals surface area contributed by atoms with Gasteiger partial charge in [0.15, 0.2) is 11.6 Å². The van der Waals surface area contributed by atoms with Crippen LogP contribution in [0, 0.1) is 23.0 Å². The van der Waals surface area contributed by atoms with E-state index < -0.39 is 11.6 Å². The minimum Gasteiger partial charge on any atom is -0.385 e. The SMILES string of the molecule is COCCC(C)Nc1c(F)cc(C#N)cc1F. The van der Waals surface area contributed by atoms with Crippen molar-refractivity contribution in [3.63, 3.8) is 0 Å². The molecular weight excluding hydrogens is 226 g/mol. The summed E-state index contributed by atoms with van der Waals surface area (Å²) in [5, 5.41) is 11.3. The number of anilines is 1. The summed E-state index contributed by atoms with van der Waals surface area (Å²) in [7, 11) is 1.57. The lowest BCUT2D eigenvalue weighted by Gasteiger charge is -2.16. The molecule has 0 aliphatic rings. The lowest BCUT2D eigenvalue weighted by molar-refractivity contribution is 0.191. The van der Waals surface area contributed by atoms with Crippen LogP contribution in [0.15, 0.2) is 12.1 Å². The number of nitrogens with one attached hydrogen (secondary N) is 1. The van der Waals surface area contributed by atoms with Crippen molar-refractivity contribution in [2.24, 2.45) is 0 Å². The number of rotatable bonds is 5. The van der Waals surface area contributed by atoms with Crippen molar-refractivity contribution >= 4 is 5.69 Å². The van der Waals surface area contributed by atoms with Gasteiger partial charge in [-0.3, -0.25) is 0 Å². The minimum atomic E-state index is -0.759. The maximum absolute atomic E-state index is 13.5. The first kappa shape index (κ1) is 13.4. The van der Waals surface area contributed by atoms with E-state index in [1.165, 1.54) is 0 Å². The lowest BCUT2D eigenvalue weighted by atomic mass is 10.1. The maximum Gasteiger partial charge on any atom is 0.150 e. The van der Waals surface area contributed by atoms with Crippen molar-refractivity contribution in [2.75, 3.05) is 19.0 Å². The standard InChI is InChI=1S/C12H14F2N2O/c1-8(3-4-17-2)16-12-10(13)5-9(7-15)6-11(12)14/h5-6,8,16H,3-4H2,1-2H3. The summed E-state index contributed by atoms with van der Waals surface area (Å²) in [5.74, 6) is -1.52. The number of hydrogen-bond donors (Lipinski definition) is 1. The Hall–Kier alpha value is -1.67. The third-order valence-electron chi connectivity index (χ3n) is 2.32. The van der Waals surface area contributed by atoms with Crippen LogP contribution >= 0.6 is 0 Å². The molecule has 0 heterocycles. The molecule has 1 N–H and O–H groups in total. The molecule has 0 aliphatic carbocycles. The second kappa shape index (κ2) is 6.16. The van der Waals surface area contributed by atoms with E-state index in [9.17, 15) is 8.78 Å². The number of ether oxygens (including phenoxy) is 1. The van der Waals surface area contributed by atoms with Gasteiger partial charge in [0.1, 0.15) is 5.69 Å². The fourth-order valence-electron chi connectivity index (χ4n) is 1.39. The zero-order valence-electron chi connectivity index (χ0n) is 9.76. The summed E-state index contributed by atoms with van der Waals surface area (Å²) in [5.41, 5.74) is -0.234. The van der Waals surface area contributed by atoms with Crippen LogP contribution in [0.5, 0.6) is 0 Å². The van der Waals surface area contributed by atoms with E-state index in [1.54, 1.807) is 20.1 Å². The molecule has 0 radical (unpaired) electrons. The van der Waals surface area contributed by atoms with Crippen LogP contribution < -0.4 is 5.32 Å². The highest BCUT2D eigenvalue weighted by atomic mass is 19.1. The summed E-state index contributed by atoms with van der Waals surface area (Å²) in [6, 6.07) is 3.59. The quantitative estimate of drug-likeness (QED) is 0.860. The molecule has 1 atom stereocenters. The highest BCUT2D eigenvalue weighted by Crippen LogP contribution is 2.21. The lowest BCUT2D eigenvalue weighted by Crippen LogP contribution is -2.19. The zero-order valence-corrected chi connectivity index (χ0v) is 9.76. The highest BCUT2D eigenvalue weighted by molar-refractivity contribution is 5.50. The van der Waals surface area contributed by atoms with Gasteiger partial charge in [-0.1, -0.05) is 0 Å². The predicted molar refractivity (Wildman–Crippen MR) is 60.7 cm³/mol. The van der Waals surface area contributed by atoms with Crippen molar-refractivity contribution in [1.29, 1.82) is 5.26 Å². The zero-order chi connectivity index (χ0) is 12.8. The number of methoxy groups -OCH3 is 1. The van der Waals surface area contributed by atoms with Gasteiger partial charge in [-0.15, -0.1) is 0 Å². The number of nitrogens with zero attached hydrogens (tertiary/aromatic N) is 1. The molecule has 0 saturated carbocycles. The van der Waals surface area contributed by atoms with E-state index in [-0.39, 0.29) is 17.3 Å². The number of hydrogen-bond acceptors (Lipinski definition) is 3. The number of halogens is 2. The molecule has 0 amide bonds. The highest BCUT2D eigenvalue weighted by Gasteiger charge is 2.13. The molecule has 5 heteroatoms. The summed E-state index contributed by atoms with van der Waals surface area (Å²) < 4.78 is 31.9. The van der Waals surface area contributed by atoms with E-state index in [4.69, 9.17) is 10.00 Å². The summed E-state index contributed by atoms with van der Waals surface area (Å²) in [6.45, 7) is 2.31. The molecule has 0 bridgehead atoms. The molecule has 1 unspecified atom stereocenters. The average molecular weight is 240 g/mol. The van der Waals surface area contributed by atoms with Crippen LogP contribution in [0.3, 0.4) is 0 Å². The van der Waals surface area contributed by atoms with Gasteiger partial charge in [-0.2, -0.15) is 5.26 Å². The van der Waals surface area contributed by atoms with Gasteiger partial charge in [0.25, 0.3) is 0 Å². The summed E-state index contributed by atoms with van der Waals surface area (Å²) >= 11 is 0. The Morgan fingerprint density at radius 3 is 2.47 bits per heavy atom. The molecule has 0 spiro atoms. The van der Waals surface area contributed by atoms with Crippen molar-refractivity contribution in [2.45, 2.75) is 19.4 Å².